The first-order valence-electron chi connectivity index (χ1n) is 8.71. The summed E-state index contributed by atoms with van der Waals surface area (Å²) in [4.78, 5) is 2.58. The molecule has 1 aromatic rings. The molecule has 2 aliphatic heterocycles. The third-order valence-electron chi connectivity index (χ3n) is 4.76. The number of hydrogen-bond donors (Lipinski definition) is 1. The van der Waals surface area contributed by atoms with Crippen molar-refractivity contribution in [1.29, 1.82) is 0 Å². The smallest absolute Gasteiger partial charge is 0.147 e. The normalized spacial score (nSPS) is 23.2. The van der Waals surface area contributed by atoms with E-state index in [1.54, 1.807) is 0 Å². The molecule has 0 amide bonds. The third-order valence-corrected chi connectivity index (χ3v) is 4.76. The first-order valence-corrected chi connectivity index (χ1v) is 8.71. The highest BCUT2D eigenvalue weighted by molar-refractivity contribution is 4.99. The van der Waals surface area contributed by atoms with Gasteiger partial charge >= 0.3 is 0 Å². The average Bonchev–Trinajstić information content (AvgIpc) is 2.91. The molecule has 1 fully saturated rings. The maximum atomic E-state index is 4.45. The lowest BCUT2D eigenvalue weighted by Crippen LogP contribution is -2.40. The molecule has 1 atom stereocenters. The maximum Gasteiger partial charge on any atom is 0.147 e. The van der Waals surface area contributed by atoms with Crippen LogP contribution < -0.4 is 5.32 Å². The summed E-state index contributed by atoms with van der Waals surface area (Å²) >= 11 is 0. The molecule has 5 heteroatoms. The van der Waals surface area contributed by atoms with Crippen molar-refractivity contribution in [3.63, 3.8) is 0 Å². The number of likely N-dealkylation sites (tertiary alicyclic amines) is 1. The van der Waals surface area contributed by atoms with Gasteiger partial charge < -0.3 is 9.88 Å². The predicted molar refractivity (Wildman–Crippen MR) is 84.1 cm³/mol. The number of aromatic nitrogens is 3. The summed E-state index contributed by atoms with van der Waals surface area (Å²) < 4.78 is 2.36. The Kier molecular flexibility index (Phi) is 5.25. The molecule has 21 heavy (non-hydrogen) atoms. The Morgan fingerprint density at radius 3 is 3.05 bits per heavy atom. The van der Waals surface area contributed by atoms with Crippen molar-refractivity contribution in [2.24, 2.45) is 5.92 Å². The van der Waals surface area contributed by atoms with Crippen LogP contribution in [0.3, 0.4) is 0 Å². The number of hydrogen-bond acceptors (Lipinski definition) is 4. The van der Waals surface area contributed by atoms with E-state index < -0.39 is 0 Å². The van der Waals surface area contributed by atoms with Crippen LogP contribution in [0.25, 0.3) is 0 Å². The quantitative estimate of drug-likeness (QED) is 0.812. The highest BCUT2D eigenvalue weighted by Crippen LogP contribution is 2.20. The van der Waals surface area contributed by atoms with Crippen molar-refractivity contribution >= 4 is 0 Å². The van der Waals surface area contributed by atoms with E-state index >= 15 is 0 Å². The van der Waals surface area contributed by atoms with Gasteiger partial charge in [-0.3, -0.25) is 4.90 Å². The highest BCUT2D eigenvalue weighted by Gasteiger charge is 2.22. The summed E-state index contributed by atoms with van der Waals surface area (Å²) in [5.41, 5.74) is 0. The summed E-state index contributed by atoms with van der Waals surface area (Å²) in [5, 5.41) is 12.4. The van der Waals surface area contributed by atoms with Gasteiger partial charge in [0.15, 0.2) is 0 Å². The number of rotatable bonds is 6. The van der Waals surface area contributed by atoms with E-state index in [0.29, 0.717) is 0 Å². The van der Waals surface area contributed by atoms with Gasteiger partial charge in [-0.05, 0) is 57.7 Å². The second kappa shape index (κ2) is 7.36. The first kappa shape index (κ1) is 15.0. The minimum atomic E-state index is 0.800. The molecule has 0 aliphatic carbocycles. The minimum Gasteiger partial charge on any atom is -0.316 e. The molecule has 3 rings (SSSR count). The Morgan fingerprint density at radius 1 is 1.19 bits per heavy atom. The molecule has 0 radical (unpaired) electrons. The van der Waals surface area contributed by atoms with Crippen LogP contribution in [0.1, 0.15) is 50.7 Å². The molecule has 1 aromatic heterocycles. The molecule has 1 unspecified atom stereocenters. The second-order valence-corrected chi connectivity index (χ2v) is 6.59. The van der Waals surface area contributed by atoms with Crippen molar-refractivity contribution < 1.29 is 0 Å². The molecule has 2 aliphatic rings. The third kappa shape index (κ3) is 3.83. The average molecular weight is 291 g/mol. The van der Waals surface area contributed by atoms with Gasteiger partial charge in [-0.2, -0.15) is 0 Å². The van der Waals surface area contributed by atoms with Gasteiger partial charge in [-0.25, -0.2) is 0 Å². The van der Waals surface area contributed by atoms with Gasteiger partial charge in [0.1, 0.15) is 11.6 Å². The molecular formula is C16H29N5. The predicted octanol–water partition coefficient (Wildman–Crippen LogP) is 1.83. The van der Waals surface area contributed by atoms with E-state index in [0.717, 1.165) is 32.0 Å². The molecule has 1 saturated heterocycles. The van der Waals surface area contributed by atoms with E-state index in [4.69, 9.17) is 0 Å². The number of piperidine rings is 1. The van der Waals surface area contributed by atoms with E-state index in [1.807, 2.05) is 0 Å². The van der Waals surface area contributed by atoms with Crippen molar-refractivity contribution in [3.8, 4) is 0 Å². The summed E-state index contributed by atoms with van der Waals surface area (Å²) in [6, 6.07) is 0. The van der Waals surface area contributed by atoms with Crippen LogP contribution in [0.5, 0.6) is 0 Å². The molecule has 0 aromatic carbocycles. The minimum absolute atomic E-state index is 0.800. The zero-order valence-electron chi connectivity index (χ0n) is 13.4. The van der Waals surface area contributed by atoms with Crippen LogP contribution in [0.15, 0.2) is 0 Å². The van der Waals surface area contributed by atoms with Gasteiger partial charge in [-0.15, -0.1) is 10.2 Å². The number of nitrogens with one attached hydrogen (secondary N) is 1. The lowest BCUT2D eigenvalue weighted by Gasteiger charge is -2.32. The van der Waals surface area contributed by atoms with Crippen molar-refractivity contribution in [2.45, 2.75) is 58.5 Å². The van der Waals surface area contributed by atoms with Crippen molar-refractivity contribution in [1.82, 2.24) is 25.0 Å². The van der Waals surface area contributed by atoms with Crippen molar-refractivity contribution in [2.75, 3.05) is 26.2 Å². The zero-order valence-corrected chi connectivity index (χ0v) is 13.4. The molecule has 5 nitrogen and oxygen atoms in total. The van der Waals surface area contributed by atoms with Gasteiger partial charge in [0.05, 0.1) is 6.54 Å². The molecular weight excluding hydrogens is 262 g/mol. The molecule has 0 spiro atoms. The molecule has 0 saturated carbocycles. The van der Waals surface area contributed by atoms with Crippen LogP contribution in [0, 0.1) is 5.92 Å². The molecule has 0 bridgehead atoms. The SMILES string of the molecule is CCCNCC1CCCN(Cc2nnc3n2CCCC3)C1. The summed E-state index contributed by atoms with van der Waals surface area (Å²) in [6.45, 7) is 9.07. The number of fused-ring (bicyclic) bond motifs is 1. The van der Waals surface area contributed by atoms with Crippen LogP contribution >= 0.6 is 0 Å². The monoisotopic (exact) mass is 291 g/mol. The molecule has 118 valence electrons. The van der Waals surface area contributed by atoms with E-state index in [-0.39, 0.29) is 0 Å². The Hall–Kier alpha value is -0.940. The van der Waals surface area contributed by atoms with Crippen LogP contribution in [-0.2, 0) is 19.5 Å². The Bertz CT molecular complexity index is 442. The van der Waals surface area contributed by atoms with E-state index in [2.05, 4.69) is 31.9 Å². The van der Waals surface area contributed by atoms with Gasteiger partial charge in [0, 0.05) is 19.5 Å². The Labute approximate surface area is 128 Å². The van der Waals surface area contributed by atoms with E-state index in [1.165, 1.54) is 63.4 Å². The number of nitrogens with zero attached hydrogens (tertiary/aromatic N) is 4. The maximum absolute atomic E-state index is 4.45. The fourth-order valence-electron chi connectivity index (χ4n) is 3.63. The fourth-order valence-corrected chi connectivity index (χ4v) is 3.63. The summed E-state index contributed by atoms with van der Waals surface area (Å²) in [5.74, 6) is 3.19. The topological polar surface area (TPSA) is 46.0 Å². The second-order valence-electron chi connectivity index (χ2n) is 6.59. The van der Waals surface area contributed by atoms with E-state index in [9.17, 15) is 0 Å². The van der Waals surface area contributed by atoms with Gasteiger partial charge in [0.2, 0.25) is 0 Å². The molecule has 3 heterocycles. The lowest BCUT2D eigenvalue weighted by atomic mass is 9.98. The Morgan fingerprint density at radius 2 is 2.14 bits per heavy atom. The van der Waals surface area contributed by atoms with Crippen LogP contribution in [0.2, 0.25) is 0 Å². The molecule has 1 N–H and O–H groups in total. The zero-order chi connectivity index (χ0) is 14.5. The van der Waals surface area contributed by atoms with Crippen LogP contribution in [-0.4, -0.2) is 45.8 Å². The first-order chi connectivity index (χ1) is 10.4. The summed E-state index contributed by atoms with van der Waals surface area (Å²) in [6.07, 6.45) is 7.57. The summed E-state index contributed by atoms with van der Waals surface area (Å²) in [7, 11) is 0. The number of aryl methyl sites for hydroxylation is 1. The van der Waals surface area contributed by atoms with Crippen molar-refractivity contribution in [3.05, 3.63) is 11.6 Å². The van der Waals surface area contributed by atoms with Crippen LogP contribution in [0.4, 0.5) is 0 Å². The highest BCUT2D eigenvalue weighted by atomic mass is 15.3. The standard InChI is InChI=1S/C16H29N5/c1-2-8-17-11-14-6-5-9-20(12-14)13-16-19-18-15-7-3-4-10-21(15)16/h14,17H,2-13H2,1H3. The Balaban J connectivity index is 1.53. The van der Waals surface area contributed by atoms with Gasteiger partial charge in [0.25, 0.3) is 0 Å². The fraction of sp³-hybridized carbons (Fsp3) is 0.875. The lowest BCUT2D eigenvalue weighted by molar-refractivity contribution is 0.160. The van der Waals surface area contributed by atoms with Gasteiger partial charge in [-0.1, -0.05) is 6.92 Å². The largest absolute Gasteiger partial charge is 0.316 e.